The van der Waals surface area contributed by atoms with E-state index in [0.717, 1.165) is 0 Å². The first kappa shape index (κ1) is 53.2. The number of hydrogen-bond acceptors (Lipinski definition) is 0. The minimum absolute atomic E-state index is 0.0456. The standard InChI is InChI=1S/C42H26F24P2/c43-35(44,45)21-7-22(36(46,47)48)12-29(11-21)67(30-13-23(37(49,50)51)8-24(14-30)38(52,53)54)33-5-19-3-1-2-4-20(19)6-34(33)68(31-15-25(39(55,56)57)9-26(16-31)40(58,59)60)32-17-27(41(61,62)63)10-28(18-32)42(64,65)66/h7-18,33-34H,1-6H2. The van der Waals surface area contributed by atoms with Crippen LogP contribution in [0.4, 0.5) is 105 Å². The molecule has 2 unspecified atom stereocenters. The van der Waals surface area contributed by atoms with E-state index in [-0.39, 0.29) is 85.4 Å². The molecule has 4 aromatic rings. The highest BCUT2D eigenvalue weighted by Gasteiger charge is 2.48. The van der Waals surface area contributed by atoms with E-state index in [1.165, 1.54) is 0 Å². The van der Waals surface area contributed by atoms with Crippen molar-refractivity contribution in [1.82, 2.24) is 0 Å². The molecule has 2 atom stereocenters. The number of benzene rings is 4. The summed E-state index contributed by atoms with van der Waals surface area (Å²) in [6, 6.07) is -2.47. The summed E-state index contributed by atoms with van der Waals surface area (Å²) < 4.78 is 347. The highest BCUT2D eigenvalue weighted by atomic mass is 31.1. The molecule has 0 spiro atoms. The van der Waals surface area contributed by atoms with Gasteiger partial charge < -0.3 is 0 Å². The van der Waals surface area contributed by atoms with Gasteiger partial charge in [-0.1, -0.05) is 11.1 Å². The Labute approximate surface area is 369 Å². The van der Waals surface area contributed by atoms with E-state index in [2.05, 4.69) is 0 Å². The highest BCUT2D eigenvalue weighted by molar-refractivity contribution is 7.77. The minimum atomic E-state index is -5.77. The van der Waals surface area contributed by atoms with Gasteiger partial charge >= 0.3 is 49.4 Å². The third-order valence-electron chi connectivity index (χ3n) is 11.1. The van der Waals surface area contributed by atoms with Crippen LogP contribution in [0.15, 0.2) is 83.9 Å². The lowest BCUT2D eigenvalue weighted by atomic mass is 9.82. The van der Waals surface area contributed by atoms with Crippen molar-refractivity contribution in [3.05, 3.63) is 128 Å². The van der Waals surface area contributed by atoms with Crippen LogP contribution in [0.2, 0.25) is 0 Å². The van der Waals surface area contributed by atoms with Gasteiger partial charge in [-0.15, -0.1) is 0 Å². The van der Waals surface area contributed by atoms with Crippen molar-refractivity contribution in [2.75, 3.05) is 0 Å². The Bertz CT molecular complexity index is 2090. The predicted octanol–water partition coefficient (Wildman–Crippen LogP) is 15.8. The van der Waals surface area contributed by atoms with Crippen LogP contribution in [0.25, 0.3) is 0 Å². The van der Waals surface area contributed by atoms with E-state index < -0.39 is 179 Å². The summed E-state index contributed by atoms with van der Waals surface area (Å²) in [5.41, 5.74) is -21.4. The number of allylic oxidation sites excluding steroid dienone is 2. The molecular formula is C42H26F24P2. The molecule has 0 radical (unpaired) electrons. The van der Waals surface area contributed by atoms with Gasteiger partial charge in [0.25, 0.3) is 0 Å². The predicted molar refractivity (Wildman–Crippen MR) is 200 cm³/mol. The van der Waals surface area contributed by atoms with E-state index in [4.69, 9.17) is 0 Å². The number of alkyl halides is 24. The van der Waals surface area contributed by atoms with E-state index in [0.29, 0.717) is 0 Å². The first-order chi connectivity index (χ1) is 30.7. The Hall–Kier alpha value is -4.20. The van der Waals surface area contributed by atoms with Gasteiger partial charge in [0.15, 0.2) is 0 Å². The van der Waals surface area contributed by atoms with Crippen LogP contribution < -0.4 is 21.2 Å². The second kappa shape index (κ2) is 17.9. The molecule has 68 heavy (non-hydrogen) atoms. The molecule has 0 N–H and O–H groups in total. The van der Waals surface area contributed by atoms with Gasteiger partial charge in [-0.2, -0.15) is 105 Å². The van der Waals surface area contributed by atoms with Crippen LogP contribution in [0.5, 0.6) is 0 Å². The van der Waals surface area contributed by atoms with E-state index in [9.17, 15) is 105 Å². The van der Waals surface area contributed by atoms with Crippen molar-refractivity contribution >= 4 is 37.1 Å². The van der Waals surface area contributed by atoms with Gasteiger partial charge in [-0.05, 0) is 160 Å². The molecule has 0 amide bonds. The lowest BCUT2D eigenvalue weighted by molar-refractivity contribution is -0.144. The average Bonchev–Trinajstić information content (AvgIpc) is 3.18. The summed E-state index contributed by atoms with van der Waals surface area (Å²) in [5, 5.41) is -5.22. The fourth-order valence-electron chi connectivity index (χ4n) is 8.20. The Balaban J connectivity index is 1.84. The third-order valence-corrected chi connectivity index (χ3v) is 17.0. The molecule has 0 aromatic heterocycles. The maximum absolute atomic E-state index is 14.5. The molecule has 4 aromatic carbocycles. The molecule has 0 nitrogen and oxygen atoms in total. The van der Waals surface area contributed by atoms with E-state index >= 15 is 0 Å². The Morgan fingerprint density at radius 2 is 0.426 bits per heavy atom. The van der Waals surface area contributed by atoms with E-state index in [1.54, 1.807) is 0 Å². The molecule has 0 saturated carbocycles. The van der Waals surface area contributed by atoms with Crippen LogP contribution in [-0.4, -0.2) is 11.3 Å². The minimum Gasteiger partial charge on any atom is -0.166 e. The molecular weight excluding hydrogens is 1020 g/mol. The van der Waals surface area contributed by atoms with Crippen LogP contribution >= 0.6 is 15.8 Å². The summed E-state index contributed by atoms with van der Waals surface area (Å²) in [5.74, 6) is 0. The number of halogens is 24. The summed E-state index contributed by atoms with van der Waals surface area (Å²) in [7, 11) is -7.47. The SMILES string of the molecule is FC(F)(F)c1cc(P(c2cc(C(F)(F)F)cc(C(F)(F)F)c2)C2CC3=C(CCCC3)CC2P(c2cc(C(F)(F)F)cc(C(F)(F)F)c2)c2cc(C(F)(F)F)cc(C(F)(F)F)c2)cc(C(F)(F)F)c1. The Morgan fingerprint density at radius 1 is 0.265 bits per heavy atom. The number of rotatable bonds is 6. The van der Waals surface area contributed by atoms with Crippen LogP contribution in [0, 0.1) is 0 Å². The van der Waals surface area contributed by atoms with Crippen molar-refractivity contribution < 1.29 is 105 Å². The monoisotopic (exact) mass is 1050 g/mol. The molecule has 26 heteroatoms. The van der Waals surface area contributed by atoms with Gasteiger partial charge in [0.05, 0.1) is 44.5 Å². The van der Waals surface area contributed by atoms with Gasteiger partial charge in [0.2, 0.25) is 0 Å². The zero-order valence-corrected chi connectivity index (χ0v) is 35.1. The largest absolute Gasteiger partial charge is 0.416 e. The van der Waals surface area contributed by atoms with E-state index in [1.807, 2.05) is 0 Å². The Morgan fingerprint density at radius 3 is 0.574 bits per heavy atom. The van der Waals surface area contributed by atoms with Crippen molar-refractivity contribution in [3.8, 4) is 0 Å². The van der Waals surface area contributed by atoms with Crippen molar-refractivity contribution in [2.45, 2.75) is 99.3 Å². The topological polar surface area (TPSA) is 0 Å². The van der Waals surface area contributed by atoms with Crippen molar-refractivity contribution in [1.29, 1.82) is 0 Å². The molecule has 0 aliphatic heterocycles. The highest BCUT2D eigenvalue weighted by Crippen LogP contribution is 2.61. The molecule has 6 rings (SSSR count). The second-order valence-electron chi connectivity index (χ2n) is 15.8. The Kier molecular flexibility index (Phi) is 14.0. The fraction of sp³-hybridized carbons (Fsp3) is 0.381. The molecule has 372 valence electrons. The summed E-state index contributed by atoms with van der Waals surface area (Å²) >= 11 is 0. The first-order valence-corrected chi connectivity index (χ1v) is 22.0. The zero-order valence-electron chi connectivity index (χ0n) is 33.3. The lowest BCUT2D eigenvalue weighted by Gasteiger charge is -2.45. The lowest BCUT2D eigenvalue weighted by Crippen LogP contribution is -2.40. The normalized spacial score (nSPS) is 18.4. The fourth-order valence-corrected chi connectivity index (χ4v) is 15.1. The number of hydrogen-bond donors (Lipinski definition) is 0. The zero-order chi connectivity index (χ0) is 51.1. The molecule has 0 heterocycles. The van der Waals surface area contributed by atoms with Crippen LogP contribution in [0.1, 0.15) is 83.0 Å². The maximum Gasteiger partial charge on any atom is 0.416 e. The van der Waals surface area contributed by atoms with Crippen LogP contribution in [0.3, 0.4) is 0 Å². The second-order valence-corrected chi connectivity index (χ2v) is 20.6. The molecule has 2 aliphatic rings. The van der Waals surface area contributed by atoms with Crippen LogP contribution in [-0.2, 0) is 49.4 Å². The third kappa shape index (κ3) is 11.9. The smallest absolute Gasteiger partial charge is 0.166 e. The molecule has 0 saturated heterocycles. The molecule has 0 fully saturated rings. The quantitative estimate of drug-likeness (QED) is 0.103. The van der Waals surface area contributed by atoms with Crippen molar-refractivity contribution in [3.63, 3.8) is 0 Å². The summed E-state index contributed by atoms with van der Waals surface area (Å²) in [4.78, 5) is 0. The van der Waals surface area contributed by atoms with Gasteiger partial charge in [0, 0.05) is 0 Å². The maximum atomic E-state index is 14.5. The molecule has 0 bridgehead atoms. The van der Waals surface area contributed by atoms with Gasteiger partial charge in [-0.25, -0.2) is 0 Å². The van der Waals surface area contributed by atoms with Gasteiger partial charge in [0.1, 0.15) is 0 Å². The summed E-state index contributed by atoms with van der Waals surface area (Å²) in [6.45, 7) is 0. The summed E-state index contributed by atoms with van der Waals surface area (Å²) in [6.07, 6.45) is -47.4. The first-order valence-electron chi connectivity index (χ1n) is 19.2. The average molecular weight is 1050 g/mol. The molecule has 2 aliphatic carbocycles. The van der Waals surface area contributed by atoms with Crippen molar-refractivity contribution in [2.24, 2.45) is 0 Å². The van der Waals surface area contributed by atoms with Gasteiger partial charge in [-0.3, -0.25) is 0 Å².